The molecule has 1 atom stereocenters. The van der Waals surface area contributed by atoms with Crippen molar-refractivity contribution in [1.82, 2.24) is 4.90 Å². The first-order valence-corrected chi connectivity index (χ1v) is 5.34. The van der Waals surface area contributed by atoms with Crippen LogP contribution < -0.4 is 0 Å². The van der Waals surface area contributed by atoms with Crippen LogP contribution in [0.15, 0.2) is 0 Å². The van der Waals surface area contributed by atoms with Gasteiger partial charge in [-0.2, -0.15) is 0 Å². The first-order chi connectivity index (χ1) is 6.04. The van der Waals surface area contributed by atoms with Crippen LogP contribution in [0.5, 0.6) is 0 Å². The summed E-state index contributed by atoms with van der Waals surface area (Å²) in [4.78, 5) is 13.9. The highest BCUT2D eigenvalue weighted by Crippen LogP contribution is 2.25. The SMILES string of the molecule is CC(C)C(=O)N1CCC[C@@H]1C(C)C. The Morgan fingerprint density at radius 1 is 1.31 bits per heavy atom. The molecule has 1 aliphatic rings. The summed E-state index contributed by atoms with van der Waals surface area (Å²) in [6.07, 6.45) is 2.37. The van der Waals surface area contributed by atoms with Crippen molar-refractivity contribution in [3.63, 3.8) is 0 Å². The smallest absolute Gasteiger partial charge is 0.225 e. The van der Waals surface area contributed by atoms with Gasteiger partial charge in [0, 0.05) is 18.5 Å². The van der Waals surface area contributed by atoms with E-state index in [0.29, 0.717) is 17.9 Å². The van der Waals surface area contributed by atoms with Gasteiger partial charge < -0.3 is 4.90 Å². The molecule has 0 saturated carbocycles. The molecule has 2 nitrogen and oxygen atoms in total. The number of carbonyl (C=O) groups excluding carboxylic acids is 1. The highest BCUT2D eigenvalue weighted by atomic mass is 16.2. The van der Waals surface area contributed by atoms with Gasteiger partial charge in [-0.3, -0.25) is 4.79 Å². The van der Waals surface area contributed by atoms with Gasteiger partial charge in [0.2, 0.25) is 5.91 Å². The monoisotopic (exact) mass is 183 g/mol. The van der Waals surface area contributed by atoms with Crippen LogP contribution in [-0.4, -0.2) is 23.4 Å². The van der Waals surface area contributed by atoms with Gasteiger partial charge in [-0.15, -0.1) is 0 Å². The minimum absolute atomic E-state index is 0.152. The molecule has 0 aromatic carbocycles. The van der Waals surface area contributed by atoms with Gasteiger partial charge in [0.15, 0.2) is 0 Å². The predicted molar refractivity (Wildman–Crippen MR) is 54.4 cm³/mol. The third-order valence-electron chi connectivity index (χ3n) is 2.85. The number of rotatable bonds is 2. The molecule has 0 unspecified atom stereocenters. The van der Waals surface area contributed by atoms with Crippen molar-refractivity contribution < 1.29 is 4.79 Å². The van der Waals surface area contributed by atoms with Crippen LogP contribution in [0.25, 0.3) is 0 Å². The van der Waals surface area contributed by atoms with Gasteiger partial charge >= 0.3 is 0 Å². The van der Waals surface area contributed by atoms with Gasteiger partial charge in [0.1, 0.15) is 0 Å². The summed E-state index contributed by atoms with van der Waals surface area (Å²) in [5.41, 5.74) is 0. The summed E-state index contributed by atoms with van der Waals surface area (Å²) in [6, 6.07) is 0.495. The molecule has 0 aromatic heterocycles. The van der Waals surface area contributed by atoms with Crippen LogP contribution in [0.2, 0.25) is 0 Å². The average Bonchev–Trinajstić information content (AvgIpc) is 2.50. The molecule has 2 heteroatoms. The van der Waals surface area contributed by atoms with Crippen LogP contribution in [0, 0.1) is 11.8 Å². The average molecular weight is 183 g/mol. The first-order valence-electron chi connectivity index (χ1n) is 5.34. The highest BCUT2D eigenvalue weighted by molar-refractivity contribution is 5.78. The lowest BCUT2D eigenvalue weighted by molar-refractivity contribution is -0.136. The first kappa shape index (κ1) is 10.6. The fourth-order valence-corrected chi connectivity index (χ4v) is 2.09. The van der Waals surface area contributed by atoms with Crippen molar-refractivity contribution in [3.05, 3.63) is 0 Å². The topological polar surface area (TPSA) is 20.3 Å². The summed E-state index contributed by atoms with van der Waals surface area (Å²) >= 11 is 0. The summed E-state index contributed by atoms with van der Waals surface area (Å²) < 4.78 is 0. The molecule has 0 radical (unpaired) electrons. The van der Waals surface area contributed by atoms with Crippen LogP contribution in [-0.2, 0) is 4.79 Å². The Bertz CT molecular complexity index is 187. The molecule has 0 aromatic rings. The van der Waals surface area contributed by atoms with Crippen LogP contribution >= 0.6 is 0 Å². The molecule has 0 aliphatic carbocycles. The minimum Gasteiger partial charge on any atom is -0.339 e. The van der Waals surface area contributed by atoms with E-state index in [4.69, 9.17) is 0 Å². The van der Waals surface area contributed by atoms with E-state index in [9.17, 15) is 4.79 Å². The zero-order chi connectivity index (χ0) is 10.0. The van der Waals surface area contributed by atoms with E-state index in [2.05, 4.69) is 18.7 Å². The summed E-state index contributed by atoms with van der Waals surface area (Å²) in [7, 11) is 0. The number of hydrogen-bond donors (Lipinski definition) is 0. The van der Waals surface area contributed by atoms with Gasteiger partial charge in [0.05, 0.1) is 0 Å². The van der Waals surface area contributed by atoms with E-state index in [0.717, 1.165) is 6.54 Å². The fraction of sp³-hybridized carbons (Fsp3) is 0.909. The lowest BCUT2D eigenvalue weighted by Crippen LogP contribution is -2.40. The Morgan fingerprint density at radius 3 is 2.38 bits per heavy atom. The van der Waals surface area contributed by atoms with E-state index >= 15 is 0 Å². The number of hydrogen-bond acceptors (Lipinski definition) is 1. The molecule has 1 rings (SSSR count). The van der Waals surface area contributed by atoms with E-state index in [1.54, 1.807) is 0 Å². The number of likely N-dealkylation sites (tertiary alicyclic amines) is 1. The maximum absolute atomic E-state index is 11.8. The summed E-state index contributed by atoms with van der Waals surface area (Å²) in [6.45, 7) is 9.35. The highest BCUT2D eigenvalue weighted by Gasteiger charge is 2.31. The quantitative estimate of drug-likeness (QED) is 0.643. The molecule has 13 heavy (non-hydrogen) atoms. The zero-order valence-corrected chi connectivity index (χ0v) is 9.21. The molecular weight excluding hydrogens is 162 g/mol. The Morgan fingerprint density at radius 2 is 1.92 bits per heavy atom. The second kappa shape index (κ2) is 4.12. The standard InChI is InChI=1S/C11H21NO/c1-8(2)10-6-5-7-12(10)11(13)9(3)4/h8-10H,5-7H2,1-4H3/t10-/m1/s1. The lowest BCUT2D eigenvalue weighted by atomic mass is 10.0. The van der Waals surface area contributed by atoms with Crippen molar-refractivity contribution in [2.45, 2.75) is 46.6 Å². The van der Waals surface area contributed by atoms with E-state index in [1.807, 2.05) is 13.8 Å². The van der Waals surface area contributed by atoms with E-state index < -0.39 is 0 Å². The molecule has 1 fully saturated rings. The van der Waals surface area contributed by atoms with Crippen LogP contribution in [0.3, 0.4) is 0 Å². The second-order valence-electron chi connectivity index (χ2n) is 4.64. The number of amides is 1. The maximum Gasteiger partial charge on any atom is 0.225 e. The summed E-state index contributed by atoms with van der Waals surface area (Å²) in [5, 5.41) is 0. The van der Waals surface area contributed by atoms with Crippen molar-refractivity contribution in [2.75, 3.05) is 6.54 Å². The molecule has 0 bridgehead atoms. The third-order valence-corrected chi connectivity index (χ3v) is 2.85. The van der Waals surface area contributed by atoms with Crippen molar-refractivity contribution in [1.29, 1.82) is 0 Å². The summed E-state index contributed by atoms with van der Waals surface area (Å²) in [5.74, 6) is 1.08. The molecule has 0 spiro atoms. The Balaban J connectivity index is 2.63. The number of nitrogens with zero attached hydrogens (tertiary/aromatic N) is 1. The lowest BCUT2D eigenvalue weighted by Gasteiger charge is -2.29. The fourth-order valence-electron chi connectivity index (χ4n) is 2.09. The number of carbonyl (C=O) groups is 1. The Hall–Kier alpha value is -0.530. The molecule has 0 N–H and O–H groups in total. The largest absolute Gasteiger partial charge is 0.339 e. The van der Waals surface area contributed by atoms with Crippen LogP contribution in [0.4, 0.5) is 0 Å². The minimum atomic E-state index is 0.152. The molecule has 1 saturated heterocycles. The molecule has 1 aliphatic heterocycles. The van der Waals surface area contributed by atoms with Gasteiger partial charge in [-0.1, -0.05) is 27.7 Å². The normalized spacial score (nSPS) is 23.2. The second-order valence-corrected chi connectivity index (χ2v) is 4.64. The van der Waals surface area contributed by atoms with Crippen molar-refractivity contribution in [3.8, 4) is 0 Å². The Labute approximate surface area is 81.3 Å². The van der Waals surface area contributed by atoms with Crippen LogP contribution in [0.1, 0.15) is 40.5 Å². The van der Waals surface area contributed by atoms with Gasteiger partial charge in [-0.05, 0) is 18.8 Å². The predicted octanol–water partition coefficient (Wildman–Crippen LogP) is 2.29. The molecule has 76 valence electrons. The molecule has 1 heterocycles. The van der Waals surface area contributed by atoms with Gasteiger partial charge in [0.25, 0.3) is 0 Å². The van der Waals surface area contributed by atoms with E-state index in [-0.39, 0.29) is 5.92 Å². The van der Waals surface area contributed by atoms with Gasteiger partial charge in [-0.25, -0.2) is 0 Å². The van der Waals surface area contributed by atoms with Crippen molar-refractivity contribution >= 4 is 5.91 Å². The Kier molecular flexibility index (Phi) is 3.34. The van der Waals surface area contributed by atoms with E-state index in [1.165, 1.54) is 12.8 Å². The third kappa shape index (κ3) is 2.23. The maximum atomic E-state index is 11.8. The molecular formula is C11H21NO. The molecule has 1 amide bonds. The van der Waals surface area contributed by atoms with Crippen molar-refractivity contribution in [2.24, 2.45) is 11.8 Å². The zero-order valence-electron chi connectivity index (χ0n) is 9.21.